The molecule has 1 aliphatic rings. The molecule has 1 aromatic heterocycles. The van der Waals surface area contributed by atoms with E-state index in [-0.39, 0.29) is 17.5 Å². The van der Waals surface area contributed by atoms with Crippen molar-refractivity contribution in [1.29, 1.82) is 5.26 Å². The Morgan fingerprint density at radius 2 is 2.20 bits per heavy atom. The number of hydrogen-bond donors (Lipinski definition) is 2. The molecule has 2 rings (SSSR count). The molecule has 8 heteroatoms. The minimum absolute atomic E-state index is 0.197. The quantitative estimate of drug-likeness (QED) is 0.828. The Hall–Kier alpha value is -1.59. The van der Waals surface area contributed by atoms with Gasteiger partial charge in [0.05, 0.1) is 6.07 Å². The molecule has 1 aromatic rings. The number of rotatable bonds is 4. The molecule has 2 amide bonds. The van der Waals surface area contributed by atoms with Gasteiger partial charge < -0.3 is 10.6 Å². The number of hydrogen-bond acceptors (Lipinski definition) is 6. The van der Waals surface area contributed by atoms with E-state index in [1.165, 1.54) is 30.1 Å². The van der Waals surface area contributed by atoms with E-state index in [1.807, 2.05) is 6.26 Å². The smallest absolute Gasteiger partial charge is 0.272 e. The topological polar surface area (TPSA) is 94.9 Å². The monoisotopic (exact) mass is 310 g/mol. The van der Waals surface area contributed by atoms with Gasteiger partial charge in [0, 0.05) is 7.05 Å². The van der Waals surface area contributed by atoms with Crippen molar-refractivity contribution in [3.63, 3.8) is 0 Å². The third-order valence-corrected chi connectivity index (χ3v) is 5.26. The van der Waals surface area contributed by atoms with E-state index < -0.39 is 5.41 Å². The number of thioether (sulfide) groups is 1. The van der Waals surface area contributed by atoms with Gasteiger partial charge >= 0.3 is 0 Å². The average molecular weight is 310 g/mol. The summed E-state index contributed by atoms with van der Waals surface area (Å²) < 4.78 is 0.693. The second-order valence-electron chi connectivity index (χ2n) is 4.44. The highest BCUT2D eigenvalue weighted by atomic mass is 32.2. The van der Waals surface area contributed by atoms with Crippen LogP contribution < -0.4 is 10.6 Å². The molecule has 106 valence electrons. The fourth-order valence-electron chi connectivity index (χ4n) is 1.89. The van der Waals surface area contributed by atoms with Gasteiger partial charge in [-0.1, -0.05) is 23.1 Å². The molecule has 0 radical (unpaired) electrons. The van der Waals surface area contributed by atoms with E-state index in [0.29, 0.717) is 22.2 Å². The Morgan fingerprint density at radius 3 is 2.65 bits per heavy atom. The van der Waals surface area contributed by atoms with E-state index in [2.05, 4.69) is 21.7 Å². The number of nitriles is 1. The van der Waals surface area contributed by atoms with E-state index >= 15 is 0 Å². The number of nitrogens with zero attached hydrogens (tertiary/aromatic N) is 2. The molecule has 20 heavy (non-hydrogen) atoms. The summed E-state index contributed by atoms with van der Waals surface area (Å²) in [6.07, 6.45) is 3.86. The first-order valence-electron chi connectivity index (χ1n) is 6.06. The van der Waals surface area contributed by atoms with Crippen molar-refractivity contribution in [2.45, 2.75) is 23.6 Å². The van der Waals surface area contributed by atoms with E-state index in [4.69, 9.17) is 5.26 Å². The fourth-order valence-corrected chi connectivity index (χ4v) is 3.34. The maximum Gasteiger partial charge on any atom is 0.272 e. The first kappa shape index (κ1) is 14.8. The molecule has 0 unspecified atom stereocenters. The van der Waals surface area contributed by atoms with Gasteiger partial charge in [-0.2, -0.15) is 5.26 Å². The molecule has 1 saturated carbocycles. The standard InChI is InChI=1S/C12H14N4O2S2/c1-14-8(17)7-9(20-11(15-7)19-2)16-10(18)12(6-13)4-3-5-12/h3-5H2,1-2H3,(H,14,17)(H,16,18). The normalized spacial score (nSPS) is 15.8. The van der Waals surface area contributed by atoms with Crippen LogP contribution in [0.1, 0.15) is 29.8 Å². The lowest BCUT2D eigenvalue weighted by Gasteiger charge is -2.33. The highest BCUT2D eigenvalue weighted by Gasteiger charge is 2.45. The third kappa shape index (κ3) is 2.51. The van der Waals surface area contributed by atoms with Crippen LogP contribution in [0.3, 0.4) is 0 Å². The van der Waals surface area contributed by atoms with Gasteiger partial charge in [-0.15, -0.1) is 0 Å². The molecular formula is C12H14N4O2S2. The van der Waals surface area contributed by atoms with Crippen LogP contribution in [0.15, 0.2) is 4.34 Å². The van der Waals surface area contributed by atoms with Crippen LogP contribution in [0.25, 0.3) is 0 Å². The summed E-state index contributed by atoms with van der Waals surface area (Å²) in [5, 5.41) is 14.7. The van der Waals surface area contributed by atoms with E-state index in [9.17, 15) is 9.59 Å². The Morgan fingerprint density at radius 1 is 1.50 bits per heavy atom. The SMILES string of the molecule is CNC(=O)c1nc(SC)sc1NC(=O)C1(C#N)CCC1. The van der Waals surface area contributed by atoms with Gasteiger partial charge in [0.25, 0.3) is 5.91 Å². The lowest BCUT2D eigenvalue weighted by atomic mass is 9.69. The number of thiazole rings is 1. The zero-order chi connectivity index (χ0) is 14.8. The Kier molecular flexibility index (Phi) is 4.30. The number of nitrogens with one attached hydrogen (secondary N) is 2. The number of anilines is 1. The molecule has 0 saturated heterocycles. The zero-order valence-electron chi connectivity index (χ0n) is 11.1. The first-order chi connectivity index (χ1) is 9.56. The Balaban J connectivity index is 2.24. The van der Waals surface area contributed by atoms with Crippen LogP contribution in [-0.2, 0) is 4.79 Å². The largest absolute Gasteiger partial charge is 0.354 e. The molecule has 1 aliphatic carbocycles. The molecule has 1 fully saturated rings. The first-order valence-corrected chi connectivity index (χ1v) is 8.10. The second-order valence-corrected chi connectivity index (χ2v) is 6.49. The van der Waals surface area contributed by atoms with Gasteiger partial charge in [-0.25, -0.2) is 4.98 Å². The number of carbonyl (C=O) groups is 2. The minimum Gasteiger partial charge on any atom is -0.354 e. The van der Waals surface area contributed by atoms with Crippen LogP contribution in [0.5, 0.6) is 0 Å². The van der Waals surface area contributed by atoms with Crippen molar-refractivity contribution >= 4 is 39.9 Å². The summed E-state index contributed by atoms with van der Waals surface area (Å²) >= 11 is 2.65. The second kappa shape index (κ2) is 5.81. The zero-order valence-corrected chi connectivity index (χ0v) is 12.8. The molecular weight excluding hydrogens is 296 g/mol. The Bertz CT molecular complexity index is 587. The van der Waals surface area contributed by atoms with Gasteiger partial charge in [-0.3, -0.25) is 9.59 Å². The Labute approximate surface area is 125 Å². The molecule has 0 aliphatic heterocycles. The van der Waals surface area contributed by atoms with Gasteiger partial charge in [0.15, 0.2) is 10.0 Å². The lowest BCUT2D eigenvalue weighted by molar-refractivity contribution is -0.126. The van der Waals surface area contributed by atoms with Crippen LogP contribution >= 0.6 is 23.1 Å². The number of aromatic nitrogens is 1. The van der Waals surface area contributed by atoms with Crippen molar-refractivity contribution in [1.82, 2.24) is 10.3 Å². The highest BCUT2D eigenvalue weighted by Crippen LogP contribution is 2.42. The van der Waals surface area contributed by atoms with Crippen LogP contribution in [0, 0.1) is 16.7 Å². The van der Waals surface area contributed by atoms with Crippen molar-refractivity contribution < 1.29 is 9.59 Å². The van der Waals surface area contributed by atoms with Crippen LogP contribution in [0.4, 0.5) is 5.00 Å². The van der Waals surface area contributed by atoms with Crippen LogP contribution in [0.2, 0.25) is 0 Å². The molecule has 0 atom stereocenters. The highest BCUT2D eigenvalue weighted by molar-refractivity contribution is 8.00. The number of carbonyl (C=O) groups excluding carboxylic acids is 2. The third-order valence-electron chi connectivity index (χ3n) is 3.31. The number of amides is 2. The summed E-state index contributed by atoms with van der Waals surface area (Å²) in [5.41, 5.74) is -0.744. The van der Waals surface area contributed by atoms with Gasteiger partial charge in [0.1, 0.15) is 10.4 Å². The molecule has 0 spiro atoms. The molecule has 0 bridgehead atoms. The van der Waals surface area contributed by atoms with Gasteiger partial charge in [0.2, 0.25) is 5.91 Å². The summed E-state index contributed by atoms with van der Waals surface area (Å²) in [6, 6.07) is 2.08. The molecule has 1 heterocycles. The molecule has 6 nitrogen and oxygen atoms in total. The summed E-state index contributed by atoms with van der Waals surface area (Å²) in [7, 11) is 1.51. The van der Waals surface area contributed by atoms with E-state index in [1.54, 1.807) is 0 Å². The maximum atomic E-state index is 12.2. The average Bonchev–Trinajstić information content (AvgIpc) is 2.80. The predicted octanol–water partition coefficient (Wildman–Crippen LogP) is 1.86. The summed E-state index contributed by atoms with van der Waals surface area (Å²) in [6.45, 7) is 0. The van der Waals surface area contributed by atoms with Crippen LogP contribution in [-0.4, -0.2) is 30.1 Å². The molecule has 2 N–H and O–H groups in total. The van der Waals surface area contributed by atoms with Crippen molar-refractivity contribution in [2.75, 3.05) is 18.6 Å². The van der Waals surface area contributed by atoms with Crippen molar-refractivity contribution in [3.8, 4) is 6.07 Å². The van der Waals surface area contributed by atoms with Crippen molar-refractivity contribution in [3.05, 3.63) is 5.69 Å². The predicted molar refractivity (Wildman–Crippen MR) is 77.8 cm³/mol. The lowest BCUT2D eigenvalue weighted by Crippen LogP contribution is -2.40. The van der Waals surface area contributed by atoms with Crippen molar-refractivity contribution in [2.24, 2.45) is 5.41 Å². The molecule has 0 aromatic carbocycles. The maximum absolute atomic E-state index is 12.2. The fraction of sp³-hybridized carbons (Fsp3) is 0.500. The van der Waals surface area contributed by atoms with Gasteiger partial charge in [-0.05, 0) is 25.5 Å². The minimum atomic E-state index is -0.941. The summed E-state index contributed by atoms with van der Waals surface area (Å²) in [4.78, 5) is 28.1. The van der Waals surface area contributed by atoms with E-state index in [0.717, 1.165) is 6.42 Å². The summed E-state index contributed by atoms with van der Waals surface area (Å²) in [5.74, 6) is -0.691.